The Balaban J connectivity index is 1.90. The zero-order valence-corrected chi connectivity index (χ0v) is 10.7. The first-order valence-electron chi connectivity index (χ1n) is 5.47. The molecule has 0 radical (unpaired) electrons. The van der Waals surface area contributed by atoms with Crippen LogP contribution in [-0.4, -0.2) is 7.11 Å². The minimum absolute atomic E-state index is 0.407. The third-order valence-electron chi connectivity index (χ3n) is 2.39. The molecule has 0 N–H and O–H groups in total. The first-order valence-corrected chi connectivity index (χ1v) is 6.58. The second-order valence-corrected chi connectivity index (χ2v) is 4.39. The van der Waals surface area contributed by atoms with E-state index in [2.05, 4.69) is 6.07 Å². The topological polar surface area (TPSA) is 18.5 Å². The fourth-order valence-corrected chi connectivity index (χ4v) is 2.36. The van der Waals surface area contributed by atoms with Gasteiger partial charge in [-0.05, 0) is 18.2 Å². The second-order valence-electron chi connectivity index (χ2n) is 3.55. The van der Waals surface area contributed by atoms with E-state index in [9.17, 15) is 0 Å². The molecule has 88 valence electrons. The Hall–Kier alpha value is -1.53. The van der Waals surface area contributed by atoms with Crippen LogP contribution in [0.25, 0.3) is 0 Å². The van der Waals surface area contributed by atoms with Crippen molar-refractivity contribution in [1.29, 1.82) is 0 Å². The van der Waals surface area contributed by atoms with Crippen molar-refractivity contribution >= 4 is 8.81 Å². The number of para-hydroxylation sites is 2. The fraction of sp³-hybridized carbons (Fsp3) is 0.143. The van der Waals surface area contributed by atoms with Crippen LogP contribution >= 0.6 is 8.81 Å². The summed E-state index contributed by atoms with van der Waals surface area (Å²) < 4.78 is 11.0. The Bertz CT molecular complexity index is 457. The van der Waals surface area contributed by atoms with E-state index < -0.39 is 0 Å². The number of benzene rings is 2. The van der Waals surface area contributed by atoms with E-state index >= 15 is 0 Å². The van der Waals surface area contributed by atoms with E-state index in [1.165, 1.54) is 5.56 Å². The van der Waals surface area contributed by atoms with Gasteiger partial charge in [-0.15, -0.1) is 0 Å². The largest absolute Gasteiger partial charge is 0.496 e. The van der Waals surface area contributed by atoms with E-state index in [1.54, 1.807) is 7.11 Å². The molecule has 0 aliphatic heterocycles. The Morgan fingerprint density at radius 2 is 1.65 bits per heavy atom. The van der Waals surface area contributed by atoms with Crippen molar-refractivity contribution in [3.63, 3.8) is 0 Å². The van der Waals surface area contributed by atoms with Gasteiger partial charge in [-0.1, -0.05) is 36.4 Å². The lowest BCUT2D eigenvalue weighted by Gasteiger charge is -2.08. The van der Waals surface area contributed by atoms with E-state index in [0.29, 0.717) is 8.81 Å². The molecule has 1 unspecified atom stereocenters. The first-order chi connectivity index (χ1) is 8.40. The zero-order chi connectivity index (χ0) is 11.9. The van der Waals surface area contributed by atoms with Gasteiger partial charge in [-0.2, -0.15) is 0 Å². The van der Waals surface area contributed by atoms with Gasteiger partial charge in [0.15, 0.2) is 0 Å². The number of methoxy groups -OCH3 is 1. The van der Waals surface area contributed by atoms with Crippen molar-refractivity contribution in [3.8, 4) is 11.5 Å². The van der Waals surface area contributed by atoms with Crippen molar-refractivity contribution in [3.05, 3.63) is 60.2 Å². The highest BCUT2D eigenvalue weighted by atomic mass is 31.1. The minimum atomic E-state index is 0.407. The average Bonchev–Trinajstić information content (AvgIpc) is 2.40. The quantitative estimate of drug-likeness (QED) is 0.745. The van der Waals surface area contributed by atoms with Crippen LogP contribution in [0.15, 0.2) is 54.6 Å². The Morgan fingerprint density at radius 3 is 2.41 bits per heavy atom. The summed E-state index contributed by atoms with van der Waals surface area (Å²) in [5, 5.41) is 0. The highest BCUT2D eigenvalue weighted by Crippen LogP contribution is 2.28. The number of ether oxygens (including phenoxy) is 1. The molecule has 0 fully saturated rings. The summed E-state index contributed by atoms with van der Waals surface area (Å²) in [6.45, 7) is 0. The molecular weight excluding hydrogens is 231 g/mol. The summed E-state index contributed by atoms with van der Waals surface area (Å²) in [5.74, 6) is 1.84. The fourth-order valence-electron chi connectivity index (χ4n) is 1.53. The molecule has 2 aromatic carbocycles. The van der Waals surface area contributed by atoms with Crippen LogP contribution in [0, 0.1) is 0 Å². The molecule has 0 amide bonds. The molecule has 0 saturated heterocycles. The van der Waals surface area contributed by atoms with Crippen LogP contribution < -0.4 is 9.26 Å². The number of rotatable bonds is 5. The van der Waals surface area contributed by atoms with Gasteiger partial charge in [0, 0.05) is 11.7 Å². The van der Waals surface area contributed by atoms with E-state index in [0.717, 1.165) is 17.7 Å². The van der Waals surface area contributed by atoms with Crippen LogP contribution in [0.5, 0.6) is 11.5 Å². The Labute approximate surface area is 103 Å². The molecule has 3 heteroatoms. The first kappa shape index (κ1) is 11.9. The van der Waals surface area contributed by atoms with Crippen molar-refractivity contribution in [2.45, 2.75) is 6.16 Å². The Kier molecular flexibility index (Phi) is 4.40. The summed E-state index contributed by atoms with van der Waals surface area (Å²) in [7, 11) is 2.10. The summed E-state index contributed by atoms with van der Waals surface area (Å²) >= 11 is 0. The molecule has 2 rings (SSSR count). The third-order valence-corrected chi connectivity index (χ3v) is 3.29. The monoisotopic (exact) mass is 246 g/mol. The third kappa shape index (κ3) is 3.47. The van der Waals surface area contributed by atoms with Crippen molar-refractivity contribution in [1.82, 2.24) is 0 Å². The maximum Gasteiger partial charge on any atom is 0.122 e. The normalized spacial score (nSPS) is 10.6. The van der Waals surface area contributed by atoms with E-state index in [-0.39, 0.29) is 0 Å². The smallest absolute Gasteiger partial charge is 0.122 e. The second kappa shape index (κ2) is 6.27. The summed E-state index contributed by atoms with van der Waals surface area (Å²) in [6.07, 6.45) is 0.874. The van der Waals surface area contributed by atoms with Gasteiger partial charge in [0.2, 0.25) is 0 Å². The lowest BCUT2D eigenvalue weighted by atomic mass is 10.2. The van der Waals surface area contributed by atoms with Crippen molar-refractivity contribution in [2.24, 2.45) is 0 Å². The van der Waals surface area contributed by atoms with Gasteiger partial charge >= 0.3 is 0 Å². The van der Waals surface area contributed by atoms with Gasteiger partial charge < -0.3 is 9.26 Å². The average molecular weight is 246 g/mol. The molecule has 17 heavy (non-hydrogen) atoms. The standard InChI is InChI=1S/C14H15O2P/c1-15-14-10-6-5-7-12(14)11-17-16-13-8-3-2-4-9-13/h2-10,17H,11H2,1H3. The van der Waals surface area contributed by atoms with E-state index in [1.807, 2.05) is 48.5 Å². The molecule has 1 atom stereocenters. The summed E-state index contributed by atoms with van der Waals surface area (Å²) in [5.41, 5.74) is 1.18. The van der Waals surface area contributed by atoms with Gasteiger partial charge in [0.25, 0.3) is 0 Å². The molecular formula is C14H15O2P. The predicted molar refractivity (Wildman–Crippen MR) is 72.1 cm³/mol. The molecule has 0 heterocycles. The number of hydrogen-bond acceptors (Lipinski definition) is 2. The van der Waals surface area contributed by atoms with Gasteiger partial charge in [0.1, 0.15) is 11.5 Å². The van der Waals surface area contributed by atoms with Crippen LogP contribution in [0.1, 0.15) is 5.56 Å². The van der Waals surface area contributed by atoms with Gasteiger partial charge in [-0.25, -0.2) is 0 Å². The van der Waals surface area contributed by atoms with Crippen molar-refractivity contribution in [2.75, 3.05) is 7.11 Å². The van der Waals surface area contributed by atoms with Crippen LogP contribution in [0.4, 0.5) is 0 Å². The van der Waals surface area contributed by atoms with Crippen molar-refractivity contribution < 1.29 is 9.26 Å². The molecule has 0 spiro atoms. The van der Waals surface area contributed by atoms with Crippen LogP contribution in [0.3, 0.4) is 0 Å². The lowest BCUT2D eigenvalue weighted by molar-refractivity contribution is 0.411. The van der Waals surface area contributed by atoms with Gasteiger partial charge in [0.05, 0.1) is 15.9 Å². The summed E-state index contributed by atoms with van der Waals surface area (Å²) in [4.78, 5) is 0. The predicted octanol–water partition coefficient (Wildman–Crippen LogP) is 3.87. The molecule has 0 bridgehead atoms. The Morgan fingerprint density at radius 1 is 0.941 bits per heavy atom. The zero-order valence-electron chi connectivity index (χ0n) is 9.72. The van der Waals surface area contributed by atoms with Gasteiger partial charge in [-0.3, -0.25) is 0 Å². The molecule has 2 nitrogen and oxygen atoms in total. The van der Waals surface area contributed by atoms with E-state index in [4.69, 9.17) is 9.26 Å². The molecule has 0 aromatic heterocycles. The SMILES string of the molecule is COc1ccccc1CPOc1ccccc1. The minimum Gasteiger partial charge on any atom is -0.496 e. The molecule has 0 saturated carbocycles. The lowest BCUT2D eigenvalue weighted by Crippen LogP contribution is -1.89. The highest BCUT2D eigenvalue weighted by Gasteiger charge is 2.01. The van der Waals surface area contributed by atoms with Crippen LogP contribution in [0.2, 0.25) is 0 Å². The molecule has 0 aliphatic carbocycles. The maximum atomic E-state index is 5.68. The molecule has 2 aromatic rings. The molecule has 0 aliphatic rings. The maximum absolute atomic E-state index is 5.68. The number of hydrogen-bond donors (Lipinski definition) is 0. The van der Waals surface area contributed by atoms with Crippen LogP contribution in [-0.2, 0) is 6.16 Å². The summed E-state index contributed by atoms with van der Waals surface area (Å²) in [6, 6.07) is 17.9. The highest BCUT2D eigenvalue weighted by molar-refractivity contribution is 7.31.